The summed E-state index contributed by atoms with van der Waals surface area (Å²) in [6.07, 6.45) is 1.11. The number of hydrogen-bond acceptors (Lipinski definition) is 4. The van der Waals surface area contributed by atoms with Crippen LogP contribution in [0.1, 0.15) is 43.4 Å². The second-order valence-electron chi connectivity index (χ2n) is 7.28. The molecule has 7 nitrogen and oxygen atoms in total. The SMILES string of the molecule is CCCNC(=O)C(CC)N(Cc1ccc(C)cc1)C(=O)Cc1ccccc1[N+](=O)[O-]. The Morgan fingerprint density at radius 1 is 1.10 bits per heavy atom. The summed E-state index contributed by atoms with van der Waals surface area (Å²) in [5.41, 5.74) is 2.25. The minimum Gasteiger partial charge on any atom is -0.354 e. The minimum atomic E-state index is -0.645. The molecule has 160 valence electrons. The molecule has 2 aromatic carbocycles. The first-order chi connectivity index (χ1) is 14.4. The van der Waals surface area contributed by atoms with Gasteiger partial charge in [0.1, 0.15) is 6.04 Å². The molecule has 0 aliphatic rings. The van der Waals surface area contributed by atoms with E-state index in [4.69, 9.17) is 0 Å². The van der Waals surface area contributed by atoms with E-state index >= 15 is 0 Å². The Kier molecular flexibility index (Phi) is 8.53. The van der Waals surface area contributed by atoms with E-state index in [2.05, 4.69) is 5.32 Å². The lowest BCUT2D eigenvalue weighted by Gasteiger charge is -2.30. The van der Waals surface area contributed by atoms with Gasteiger partial charge in [0.2, 0.25) is 11.8 Å². The highest BCUT2D eigenvalue weighted by Gasteiger charge is 2.29. The maximum absolute atomic E-state index is 13.3. The van der Waals surface area contributed by atoms with Crippen LogP contribution in [0.15, 0.2) is 48.5 Å². The van der Waals surface area contributed by atoms with Crippen LogP contribution in [-0.2, 0) is 22.6 Å². The van der Waals surface area contributed by atoms with Gasteiger partial charge in [0.05, 0.1) is 11.3 Å². The van der Waals surface area contributed by atoms with E-state index in [-0.39, 0.29) is 30.5 Å². The van der Waals surface area contributed by atoms with Gasteiger partial charge in [-0.2, -0.15) is 0 Å². The fraction of sp³-hybridized carbons (Fsp3) is 0.391. The van der Waals surface area contributed by atoms with Crippen LogP contribution in [0.25, 0.3) is 0 Å². The molecule has 0 spiro atoms. The van der Waals surface area contributed by atoms with E-state index in [0.717, 1.165) is 17.5 Å². The maximum Gasteiger partial charge on any atom is 0.273 e. The summed E-state index contributed by atoms with van der Waals surface area (Å²) in [4.78, 5) is 38.4. The van der Waals surface area contributed by atoms with Crippen molar-refractivity contribution in [3.63, 3.8) is 0 Å². The Bertz CT molecular complexity index is 880. The molecule has 2 aromatic rings. The van der Waals surface area contributed by atoms with Crippen molar-refractivity contribution < 1.29 is 14.5 Å². The molecule has 0 aromatic heterocycles. The van der Waals surface area contributed by atoms with Gasteiger partial charge in [-0.1, -0.05) is 61.9 Å². The van der Waals surface area contributed by atoms with E-state index < -0.39 is 11.0 Å². The minimum absolute atomic E-state index is 0.0929. The number of nitrogens with one attached hydrogen (secondary N) is 1. The highest BCUT2D eigenvalue weighted by atomic mass is 16.6. The van der Waals surface area contributed by atoms with Crippen molar-refractivity contribution in [1.82, 2.24) is 10.2 Å². The summed E-state index contributed by atoms with van der Waals surface area (Å²) >= 11 is 0. The van der Waals surface area contributed by atoms with Gasteiger partial charge in [-0.25, -0.2) is 0 Å². The number of rotatable bonds is 10. The van der Waals surface area contributed by atoms with Crippen molar-refractivity contribution in [2.75, 3.05) is 6.54 Å². The summed E-state index contributed by atoms with van der Waals surface area (Å²) in [6.45, 7) is 6.60. The molecule has 30 heavy (non-hydrogen) atoms. The second kappa shape index (κ2) is 11.1. The molecule has 2 rings (SSSR count). The lowest BCUT2D eigenvalue weighted by molar-refractivity contribution is -0.385. The molecular formula is C23H29N3O4. The molecule has 0 saturated carbocycles. The fourth-order valence-electron chi connectivity index (χ4n) is 3.28. The van der Waals surface area contributed by atoms with Gasteiger partial charge in [0, 0.05) is 24.7 Å². The standard InChI is InChI=1S/C23H29N3O4/c1-4-14-24-23(28)20(5-2)25(16-18-12-10-17(3)11-13-18)22(27)15-19-8-6-7-9-21(19)26(29)30/h6-13,20H,4-5,14-16H2,1-3H3,(H,24,28). The first kappa shape index (κ1) is 23.1. The first-order valence-electron chi connectivity index (χ1n) is 10.2. The van der Waals surface area contributed by atoms with Crippen LogP contribution in [-0.4, -0.2) is 34.2 Å². The molecule has 0 radical (unpaired) electrons. The molecule has 1 atom stereocenters. The van der Waals surface area contributed by atoms with Crippen LogP contribution in [0.3, 0.4) is 0 Å². The zero-order chi connectivity index (χ0) is 22.1. The van der Waals surface area contributed by atoms with Crippen molar-refractivity contribution >= 4 is 17.5 Å². The van der Waals surface area contributed by atoms with E-state index in [1.54, 1.807) is 18.2 Å². The number of nitro groups is 1. The Morgan fingerprint density at radius 2 is 1.77 bits per heavy atom. The van der Waals surface area contributed by atoms with Crippen LogP contribution in [0.5, 0.6) is 0 Å². The van der Waals surface area contributed by atoms with Gasteiger partial charge in [-0.3, -0.25) is 19.7 Å². The Balaban J connectivity index is 2.33. The predicted octanol–water partition coefficient (Wildman–Crippen LogP) is 3.78. The zero-order valence-electron chi connectivity index (χ0n) is 17.8. The number of carbonyl (C=O) groups is 2. The molecule has 7 heteroatoms. The van der Waals surface area contributed by atoms with Crippen molar-refractivity contribution in [2.45, 2.75) is 52.6 Å². The van der Waals surface area contributed by atoms with Crippen LogP contribution in [0, 0.1) is 17.0 Å². The molecule has 0 saturated heterocycles. The normalized spacial score (nSPS) is 11.6. The van der Waals surface area contributed by atoms with Crippen LogP contribution >= 0.6 is 0 Å². The third-order valence-electron chi connectivity index (χ3n) is 4.94. The molecular weight excluding hydrogens is 382 g/mol. The lowest BCUT2D eigenvalue weighted by Crippen LogP contribution is -2.49. The number of aryl methyl sites for hydroxylation is 1. The van der Waals surface area contributed by atoms with Gasteiger partial charge in [-0.15, -0.1) is 0 Å². The van der Waals surface area contributed by atoms with Crippen LogP contribution < -0.4 is 5.32 Å². The summed E-state index contributed by atoms with van der Waals surface area (Å²) in [6, 6.07) is 13.3. The number of carbonyl (C=O) groups excluding carboxylic acids is 2. The summed E-state index contributed by atoms with van der Waals surface area (Å²) in [5, 5.41) is 14.2. The Morgan fingerprint density at radius 3 is 2.37 bits per heavy atom. The first-order valence-corrected chi connectivity index (χ1v) is 10.2. The third kappa shape index (κ3) is 6.14. The van der Waals surface area contributed by atoms with Gasteiger partial charge in [-0.05, 0) is 25.3 Å². The van der Waals surface area contributed by atoms with E-state index in [9.17, 15) is 19.7 Å². The average Bonchev–Trinajstić information content (AvgIpc) is 2.73. The lowest BCUT2D eigenvalue weighted by atomic mass is 10.0. The van der Waals surface area contributed by atoms with Gasteiger partial charge in [0.25, 0.3) is 5.69 Å². The van der Waals surface area contributed by atoms with Crippen LogP contribution in [0.2, 0.25) is 0 Å². The number of hydrogen-bond donors (Lipinski definition) is 1. The molecule has 0 aliphatic heterocycles. The number of nitrogens with zero attached hydrogens (tertiary/aromatic N) is 2. The van der Waals surface area contributed by atoms with Crippen molar-refractivity contribution in [2.24, 2.45) is 0 Å². The molecule has 0 bridgehead atoms. The summed E-state index contributed by atoms with van der Waals surface area (Å²) in [5.74, 6) is -0.522. The second-order valence-corrected chi connectivity index (χ2v) is 7.28. The number of benzene rings is 2. The van der Waals surface area contributed by atoms with Crippen molar-refractivity contribution in [3.05, 3.63) is 75.3 Å². The maximum atomic E-state index is 13.3. The Hall–Kier alpha value is -3.22. The average molecular weight is 412 g/mol. The molecule has 2 amide bonds. The van der Waals surface area contributed by atoms with Gasteiger partial charge in [0.15, 0.2) is 0 Å². The van der Waals surface area contributed by atoms with E-state index in [1.165, 1.54) is 11.0 Å². The fourth-order valence-corrected chi connectivity index (χ4v) is 3.28. The third-order valence-corrected chi connectivity index (χ3v) is 4.94. The van der Waals surface area contributed by atoms with E-state index in [0.29, 0.717) is 18.5 Å². The number of nitro benzene ring substituents is 1. The smallest absolute Gasteiger partial charge is 0.273 e. The molecule has 1 N–H and O–H groups in total. The molecule has 0 fully saturated rings. The summed E-state index contributed by atoms with van der Waals surface area (Å²) in [7, 11) is 0. The van der Waals surface area contributed by atoms with Crippen LogP contribution in [0.4, 0.5) is 5.69 Å². The zero-order valence-corrected chi connectivity index (χ0v) is 17.8. The molecule has 0 heterocycles. The Labute approximate surface area is 177 Å². The summed E-state index contributed by atoms with van der Waals surface area (Å²) < 4.78 is 0. The van der Waals surface area contributed by atoms with Gasteiger partial charge < -0.3 is 10.2 Å². The molecule has 1 unspecified atom stereocenters. The monoisotopic (exact) mass is 411 g/mol. The van der Waals surface area contributed by atoms with Crippen molar-refractivity contribution in [1.29, 1.82) is 0 Å². The molecule has 0 aliphatic carbocycles. The number of amides is 2. The van der Waals surface area contributed by atoms with Gasteiger partial charge >= 0.3 is 0 Å². The van der Waals surface area contributed by atoms with E-state index in [1.807, 2.05) is 45.0 Å². The van der Waals surface area contributed by atoms with Crippen molar-refractivity contribution in [3.8, 4) is 0 Å². The quantitative estimate of drug-likeness (QED) is 0.476. The highest BCUT2D eigenvalue weighted by molar-refractivity contribution is 5.88. The topological polar surface area (TPSA) is 92.6 Å². The largest absolute Gasteiger partial charge is 0.354 e. The highest BCUT2D eigenvalue weighted by Crippen LogP contribution is 2.21. The number of para-hydroxylation sites is 1. The predicted molar refractivity (Wildman–Crippen MR) is 116 cm³/mol.